The van der Waals surface area contributed by atoms with Crippen LogP contribution in [0.5, 0.6) is 0 Å². The lowest BCUT2D eigenvalue weighted by atomic mass is 9.97. The molecule has 1 heterocycles. The van der Waals surface area contributed by atoms with E-state index in [0.717, 1.165) is 19.3 Å². The quantitative estimate of drug-likeness (QED) is 0.677. The average Bonchev–Trinajstić information content (AvgIpc) is 2.04. The lowest BCUT2D eigenvalue weighted by Gasteiger charge is -2.29. The Labute approximate surface area is 96.8 Å². The van der Waals surface area contributed by atoms with Crippen molar-refractivity contribution in [3.8, 4) is 0 Å². The minimum Gasteiger partial charge on any atom is -0.316 e. The zero-order chi connectivity index (χ0) is 12.4. The molecule has 0 amide bonds. The van der Waals surface area contributed by atoms with Crippen molar-refractivity contribution in [3.05, 3.63) is 0 Å². The minimum atomic E-state index is -3.74. The molecule has 0 saturated carbocycles. The number of nitrogens with one attached hydrogen (secondary N) is 2. The van der Waals surface area contributed by atoms with Crippen LogP contribution in [0.4, 0.5) is 0 Å². The number of sulfone groups is 1. The summed E-state index contributed by atoms with van der Waals surface area (Å²) in [6.07, 6.45) is 1.60. The monoisotopic (exact) mass is 270 g/mol. The first kappa shape index (κ1) is 13.9. The van der Waals surface area contributed by atoms with E-state index in [1.54, 1.807) is 0 Å². The number of hydrogen-bond donors (Lipinski definition) is 2. The van der Waals surface area contributed by atoms with Gasteiger partial charge in [0, 0.05) is 12.3 Å². The fraction of sp³-hybridized carbons (Fsp3) is 1.00. The second kappa shape index (κ2) is 4.99. The van der Waals surface area contributed by atoms with Crippen molar-refractivity contribution < 1.29 is 16.8 Å². The fourth-order valence-corrected chi connectivity index (χ4v) is 5.07. The second-order valence-corrected chi connectivity index (χ2v) is 8.61. The predicted molar refractivity (Wildman–Crippen MR) is 62.2 cm³/mol. The molecule has 0 aromatic carbocycles. The molecule has 0 aromatic rings. The van der Waals surface area contributed by atoms with E-state index in [1.807, 2.05) is 6.92 Å². The SMILES string of the molecule is CC1CNCCC1NS(=O)(=O)CS(C)(=O)=O. The van der Waals surface area contributed by atoms with E-state index in [2.05, 4.69) is 10.0 Å². The van der Waals surface area contributed by atoms with E-state index in [0.29, 0.717) is 6.42 Å². The summed E-state index contributed by atoms with van der Waals surface area (Å²) < 4.78 is 47.4. The Bertz CT molecular complexity index is 429. The molecule has 1 aliphatic heterocycles. The van der Waals surface area contributed by atoms with Crippen LogP contribution in [-0.2, 0) is 19.9 Å². The van der Waals surface area contributed by atoms with E-state index in [4.69, 9.17) is 0 Å². The predicted octanol–water partition coefficient (Wildman–Crippen LogP) is -1.09. The van der Waals surface area contributed by atoms with Gasteiger partial charge >= 0.3 is 0 Å². The molecule has 2 unspecified atom stereocenters. The van der Waals surface area contributed by atoms with Gasteiger partial charge in [-0.1, -0.05) is 6.92 Å². The molecular formula is C8H18N2O4S2. The molecule has 0 aromatic heterocycles. The van der Waals surface area contributed by atoms with Gasteiger partial charge in [0.05, 0.1) is 0 Å². The van der Waals surface area contributed by atoms with Gasteiger partial charge in [0.15, 0.2) is 14.9 Å². The molecule has 0 spiro atoms. The highest BCUT2D eigenvalue weighted by Gasteiger charge is 2.27. The van der Waals surface area contributed by atoms with E-state index in [9.17, 15) is 16.8 Å². The maximum absolute atomic E-state index is 11.5. The molecule has 2 atom stereocenters. The normalized spacial score (nSPS) is 27.9. The van der Waals surface area contributed by atoms with Gasteiger partial charge in [-0.3, -0.25) is 0 Å². The van der Waals surface area contributed by atoms with Gasteiger partial charge in [-0.25, -0.2) is 21.6 Å². The van der Waals surface area contributed by atoms with E-state index >= 15 is 0 Å². The maximum Gasteiger partial charge on any atom is 0.226 e. The van der Waals surface area contributed by atoms with Crippen LogP contribution in [0.2, 0.25) is 0 Å². The van der Waals surface area contributed by atoms with Crippen LogP contribution >= 0.6 is 0 Å². The molecule has 1 fully saturated rings. The molecule has 0 bridgehead atoms. The molecule has 0 radical (unpaired) electrons. The maximum atomic E-state index is 11.5. The molecule has 1 saturated heterocycles. The lowest BCUT2D eigenvalue weighted by molar-refractivity contribution is 0.328. The summed E-state index contributed by atoms with van der Waals surface area (Å²) in [7, 11) is -7.25. The van der Waals surface area contributed by atoms with Gasteiger partial charge in [0.1, 0.15) is 0 Å². The van der Waals surface area contributed by atoms with Gasteiger partial charge in [0.2, 0.25) is 10.0 Å². The van der Waals surface area contributed by atoms with Crippen LogP contribution in [0, 0.1) is 5.92 Å². The topological polar surface area (TPSA) is 92.3 Å². The Hall–Kier alpha value is -0.180. The van der Waals surface area contributed by atoms with Crippen molar-refractivity contribution in [1.29, 1.82) is 0 Å². The zero-order valence-corrected chi connectivity index (χ0v) is 11.1. The van der Waals surface area contributed by atoms with Crippen LogP contribution in [-0.4, -0.2) is 47.3 Å². The van der Waals surface area contributed by atoms with Crippen LogP contribution in [0.1, 0.15) is 13.3 Å². The van der Waals surface area contributed by atoms with Crippen molar-refractivity contribution in [2.75, 3.05) is 24.4 Å². The molecule has 96 valence electrons. The number of piperidine rings is 1. The molecule has 2 N–H and O–H groups in total. The summed E-state index contributed by atoms with van der Waals surface area (Å²) in [5, 5.41) is 2.31. The summed E-state index contributed by atoms with van der Waals surface area (Å²) in [6.45, 7) is 3.42. The second-order valence-electron chi connectivity index (χ2n) is 4.35. The highest BCUT2D eigenvalue weighted by molar-refractivity contribution is 8.06. The summed E-state index contributed by atoms with van der Waals surface area (Å²) in [5.74, 6) is 0.170. The van der Waals surface area contributed by atoms with Gasteiger partial charge < -0.3 is 5.32 Å². The average molecular weight is 270 g/mol. The molecular weight excluding hydrogens is 252 g/mol. The van der Waals surface area contributed by atoms with Crippen molar-refractivity contribution >= 4 is 19.9 Å². The Morgan fingerprint density at radius 3 is 2.44 bits per heavy atom. The third-order valence-electron chi connectivity index (χ3n) is 2.49. The van der Waals surface area contributed by atoms with Crippen LogP contribution in [0.25, 0.3) is 0 Å². The molecule has 6 nitrogen and oxygen atoms in total. The van der Waals surface area contributed by atoms with Gasteiger partial charge in [-0.15, -0.1) is 0 Å². The third kappa shape index (κ3) is 4.77. The number of rotatable bonds is 4. The minimum absolute atomic E-state index is 0.170. The summed E-state index contributed by atoms with van der Waals surface area (Å²) >= 11 is 0. The summed E-state index contributed by atoms with van der Waals surface area (Å²) in [4.78, 5) is 0. The molecule has 16 heavy (non-hydrogen) atoms. The molecule has 1 rings (SSSR count). The highest BCUT2D eigenvalue weighted by Crippen LogP contribution is 2.11. The number of sulfonamides is 1. The summed E-state index contributed by atoms with van der Waals surface area (Å²) in [6, 6.07) is -0.173. The van der Waals surface area contributed by atoms with Crippen molar-refractivity contribution in [3.63, 3.8) is 0 Å². The Morgan fingerprint density at radius 2 is 1.94 bits per heavy atom. The Morgan fingerprint density at radius 1 is 1.31 bits per heavy atom. The molecule has 8 heteroatoms. The van der Waals surface area contributed by atoms with E-state index in [-0.39, 0.29) is 12.0 Å². The van der Waals surface area contributed by atoms with Gasteiger partial charge in [0.25, 0.3) is 0 Å². The number of hydrogen-bond acceptors (Lipinski definition) is 5. The van der Waals surface area contributed by atoms with E-state index < -0.39 is 24.9 Å². The fourth-order valence-electron chi connectivity index (χ4n) is 1.74. The van der Waals surface area contributed by atoms with Gasteiger partial charge in [-0.05, 0) is 25.4 Å². The van der Waals surface area contributed by atoms with Crippen LogP contribution in [0.15, 0.2) is 0 Å². The van der Waals surface area contributed by atoms with Crippen molar-refractivity contribution in [2.45, 2.75) is 19.4 Å². The zero-order valence-electron chi connectivity index (χ0n) is 9.43. The standard InChI is InChI=1S/C8H18N2O4S2/c1-7-5-9-4-3-8(7)10-16(13,14)6-15(2,11)12/h7-10H,3-6H2,1-2H3. The van der Waals surface area contributed by atoms with Gasteiger partial charge in [-0.2, -0.15) is 0 Å². The lowest BCUT2D eigenvalue weighted by Crippen LogP contribution is -2.49. The first-order valence-electron chi connectivity index (χ1n) is 5.08. The molecule has 1 aliphatic rings. The van der Waals surface area contributed by atoms with Crippen molar-refractivity contribution in [1.82, 2.24) is 10.0 Å². The summed E-state index contributed by atoms with van der Waals surface area (Å²) in [5.41, 5.74) is 0. The smallest absolute Gasteiger partial charge is 0.226 e. The Balaban J connectivity index is 2.65. The third-order valence-corrected chi connectivity index (χ3v) is 6.10. The largest absolute Gasteiger partial charge is 0.316 e. The highest BCUT2D eigenvalue weighted by atomic mass is 32.3. The molecule has 0 aliphatic carbocycles. The Kier molecular flexibility index (Phi) is 4.33. The van der Waals surface area contributed by atoms with Crippen LogP contribution < -0.4 is 10.0 Å². The first-order chi connectivity index (χ1) is 7.20. The first-order valence-corrected chi connectivity index (χ1v) is 8.79. The van der Waals surface area contributed by atoms with E-state index in [1.165, 1.54) is 0 Å². The van der Waals surface area contributed by atoms with Crippen molar-refractivity contribution in [2.24, 2.45) is 5.92 Å². The van der Waals surface area contributed by atoms with Crippen LogP contribution in [0.3, 0.4) is 0 Å².